The predicted molar refractivity (Wildman–Crippen MR) is 71.7 cm³/mol. The van der Waals surface area contributed by atoms with Gasteiger partial charge in [-0.2, -0.15) is 0 Å². The number of hydrogen-bond donors (Lipinski definition) is 1. The van der Waals surface area contributed by atoms with E-state index in [-0.39, 0.29) is 0 Å². The summed E-state index contributed by atoms with van der Waals surface area (Å²) in [5.41, 5.74) is 2.79. The second-order valence-corrected chi connectivity index (χ2v) is 6.10. The quantitative estimate of drug-likeness (QED) is 0.896. The van der Waals surface area contributed by atoms with Crippen LogP contribution in [-0.2, 0) is 16.4 Å². The molecule has 0 heterocycles. The van der Waals surface area contributed by atoms with Crippen molar-refractivity contribution >= 4 is 15.6 Å². The maximum Gasteiger partial charge on any atom is 0.231 e. The number of hydrogen-bond acceptors (Lipinski definition) is 2. The SMILES string of the molecule is C/C(=C\S(N)(=O)=O)c1ccc(CC(C)C)cc1. The Morgan fingerprint density at radius 2 is 1.82 bits per heavy atom. The molecule has 0 radical (unpaired) electrons. The predicted octanol–water partition coefficient (Wildman–Crippen LogP) is 2.53. The van der Waals surface area contributed by atoms with E-state index in [1.54, 1.807) is 6.92 Å². The van der Waals surface area contributed by atoms with Crippen LogP contribution in [0.15, 0.2) is 29.7 Å². The van der Waals surface area contributed by atoms with Crippen molar-refractivity contribution in [3.05, 3.63) is 40.8 Å². The third-order valence-electron chi connectivity index (χ3n) is 2.39. The lowest BCUT2D eigenvalue weighted by atomic mass is 10.0. The van der Waals surface area contributed by atoms with E-state index in [1.807, 2.05) is 24.3 Å². The third kappa shape index (κ3) is 5.15. The van der Waals surface area contributed by atoms with Crippen LogP contribution in [0.2, 0.25) is 0 Å². The summed E-state index contributed by atoms with van der Waals surface area (Å²) >= 11 is 0. The molecule has 0 fully saturated rings. The first-order chi connectivity index (χ1) is 7.78. The topological polar surface area (TPSA) is 60.2 Å². The third-order valence-corrected chi connectivity index (χ3v) is 3.08. The fourth-order valence-corrected chi connectivity index (χ4v) is 2.32. The van der Waals surface area contributed by atoms with Crippen LogP contribution in [0, 0.1) is 5.92 Å². The fourth-order valence-electron chi connectivity index (χ4n) is 1.69. The lowest BCUT2D eigenvalue weighted by molar-refractivity contribution is 0.606. The standard InChI is InChI=1S/C13H19NO2S/c1-10(2)8-12-4-6-13(7-5-12)11(3)9-17(14,15)16/h4-7,9-10H,8H2,1-3H3,(H2,14,15,16)/b11-9+. The summed E-state index contributed by atoms with van der Waals surface area (Å²) in [6, 6.07) is 7.90. The number of primary sulfonamides is 1. The van der Waals surface area contributed by atoms with Crippen LogP contribution in [0.25, 0.3) is 5.57 Å². The number of allylic oxidation sites excluding steroid dienone is 1. The van der Waals surface area contributed by atoms with Gasteiger partial charge in [0.2, 0.25) is 10.0 Å². The second-order valence-electron chi connectivity index (χ2n) is 4.68. The average Bonchev–Trinajstić information content (AvgIpc) is 2.15. The van der Waals surface area contributed by atoms with Crippen molar-refractivity contribution in [2.45, 2.75) is 27.2 Å². The summed E-state index contributed by atoms with van der Waals surface area (Å²) in [5.74, 6) is 0.613. The highest BCUT2D eigenvalue weighted by molar-refractivity contribution is 7.92. The van der Waals surface area contributed by atoms with E-state index in [0.717, 1.165) is 17.4 Å². The van der Waals surface area contributed by atoms with Gasteiger partial charge >= 0.3 is 0 Å². The Hall–Kier alpha value is -1.13. The molecular formula is C13H19NO2S. The number of rotatable bonds is 4. The molecule has 4 heteroatoms. The maximum atomic E-state index is 10.9. The van der Waals surface area contributed by atoms with Crippen molar-refractivity contribution in [1.82, 2.24) is 0 Å². The van der Waals surface area contributed by atoms with E-state index in [9.17, 15) is 8.42 Å². The van der Waals surface area contributed by atoms with Crippen molar-refractivity contribution in [2.75, 3.05) is 0 Å². The van der Waals surface area contributed by atoms with Gasteiger partial charge in [0.15, 0.2) is 0 Å². The number of benzene rings is 1. The fraction of sp³-hybridized carbons (Fsp3) is 0.385. The van der Waals surface area contributed by atoms with Gasteiger partial charge in [-0.05, 0) is 36.0 Å². The van der Waals surface area contributed by atoms with Crippen LogP contribution in [0.4, 0.5) is 0 Å². The van der Waals surface area contributed by atoms with Crippen molar-refractivity contribution in [2.24, 2.45) is 11.1 Å². The molecule has 0 aromatic heterocycles. The van der Waals surface area contributed by atoms with Gasteiger partial charge in [0.25, 0.3) is 0 Å². The molecule has 0 unspecified atom stereocenters. The zero-order chi connectivity index (χ0) is 13.1. The molecule has 3 nitrogen and oxygen atoms in total. The first-order valence-corrected chi connectivity index (χ1v) is 7.19. The van der Waals surface area contributed by atoms with Crippen LogP contribution in [0.5, 0.6) is 0 Å². The Morgan fingerprint density at radius 1 is 1.29 bits per heavy atom. The number of sulfonamides is 1. The molecule has 1 aromatic carbocycles. The monoisotopic (exact) mass is 253 g/mol. The Bertz CT molecular complexity index is 499. The Labute approximate surface area is 103 Å². The average molecular weight is 253 g/mol. The van der Waals surface area contributed by atoms with Gasteiger partial charge in [-0.15, -0.1) is 0 Å². The highest BCUT2D eigenvalue weighted by Crippen LogP contribution is 2.16. The second kappa shape index (κ2) is 5.47. The lowest BCUT2D eigenvalue weighted by Crippen LogP contribution is -2.07. The zero-order valence-corrected chi connectivity index (χ0v) is 11.3. The molecule has 0 saturated carbocycles. The summed E-state index contributed by atoms with van der Waals surface area (Å²) in [4.78, 5) is 0. The minimum absolute atomic E-state index is 0.613. The van der Waals surface area contributed by atoms with Gasteiger partial charge in [0, 0.05) is 5.41 Å². The Kier molecular flexibility index (Phi) is 4.48. The smallest absolute Gasteiger partial charge is 0.225 e. The van der Waals surface area contributed by atoms with Gasteiger partial charge in [-0.1, -0.05) is 38.1 Å². The van der Waals surface area contributed by atoms with E-state index in [2.05, 4.69) is 13.8 Å². The summed E-state index contributed by atoms with van der Waals surface area (Å²) in [5, 5.41) is 6.05. The lowest BCUT2D eigenvalue weighted by Gasteiger charge is -2.06. The molecule has 1 rings (SSSR count). The molecule has 94 valence electrons. The van der Waals surface area contributed by atoms with E-state index in [1.165, 1.54) is 5.56 Å². The minimum atomic E-state index is -3.56. The summed E-state index contributed by atoms with van der Waals surface area (Å²) in [6.07, 6.45) is 1.03. The maximum absolute atomic E-state index is 10.9. The first kappa shape index (κ1) is 13.9. The van der Waals surface area contributed by atoms with E-state index < -0.39 is 10.0 Å². The highest BCUT2D eigenvalue weighted by Gasteiger charge is 2.02. The molecule has 0 aliphatic heterocycles. The summed E-state index contributed by atoms with van der Waals surface area (Å²) < 4.78 is 21.9. The highest BCUT2D eigenvalue weighted by atomic mass is 32.2. The van der Waals surface area contributed by atoms with Crippen LogP contribution < -0.4 is 5.14 Å². The molecule has 0 spiro atoms. The normalized spacial score (nSPS) is 13.1. The van der Waals surface area contributed by atoms with Crippen LogP contribution in [-0.4, -0.2) is 8.42 Å². The summed E-state index contributed by atoms with van der Waals surface area (Å²) in [7, 11) is -3.56. The van der Waals surface area contributed by atoms with Crippen molar-refractivity contribution < 1.29 is 8.42 Å². The van der Waals surface area contributed by atoms with Gasteiger partial charge in [0.1, 0.15) is 0 Å². The molecule has 2 N–H and O–H groups in total. The molecule has 1 aromatic rings. The van der Waals surface area contributed by atoms with Crippen molar-refractivity contribution in [3.63, 3.8) is 0 Å². The van der Waals surface area contributed by atoms with Gasteiger partial charge < -0.3 is 0 Å². The number of nitrogens with two attached hydrogens (primary N) is 1. The van der Waals surface area contributed by atoms with Gasteiger partial charge in [-0.25, -0.2) is 13.6 Å². The molecule has 0 saturated heterocycles. The van der Waals surface area contributed by atoms with Crippen LogP contribution in [0.3, 0.4) is 0 Å². The van der Waals surface area contributed by atoms with Crippen LogP contribution >= 0.6 is 0 Å². The molecule has 0 aliphatic rings. The molecule has 17 heavy (non-hydrogen) atoms. The first-order valence-electron chi connectivity index (χ1n) is 5.58. The molecule has 0 atom stereocenters. The molecule has 0 amide bonds. The van der Waals surface area contributed by atoms with Crippen molar-refractivity contribution in [1.29, 1.82) is 0 Å². The zero-order valence-electron chi connectivity index (χ0n) is 10.5. The Balaban J connectivity index is 2.92. The molecule has 0 aliphatic carbocycles. The van der Waals surface area contributed by atoms with Gasteiger partial charge in [-0.3, -0.25) is 0 Å². The van der Waals surface area contributed by atoms with E-state index in [4.69, 9.17) is 5.14 Å². The van der Waals surface area contributed by atoms with Gasteiger partial charge in [0.05, 0.1) is 0 Å². The van der Waals surface area contributed by atoms with E-state index >= 15 is 0 Å². The molecule has 0 bridgehead atoms. The van der Waals surface area contributed by atoms with Crippen molar-refractivity contribution in [3.8, 4) is 0 Å². The Morgan fingerprint density at radius 3 is 2.24 bits per heavy atom. The minimum Gasteiger partial charge on any atom is -0.225 e. The van der Waals surface area contributed by atoms with Crippen LogP contribution in [0.1, 0.15) is 31.9 Å². The summed E-state index contributed by atoms with van der Waals surface area (Å²) in [6.45, 7) is 6.07. The molecular weight excluding hydrogens is 234 g/mol. The largest absolute Gasteiger partial charge is 0.231 e. The van der Waals surface area contributed by atoms with E-state index in [0.29, 0.717) is 11.5 Å².